The molecule has 6 heteroatoms. The summed E-state index contributed by atoms with van der Waals surface area (Å²) in [5.74, 6) is 0.169. The first-order valence-corrected chi connectivity index (χ1v) is 6.97. The van der Waals surface area contributed by atoms with Crippen LogP contribution in [0.1, 0.15) is 12.8 Å². The fourth-order valence-electron chi connectivity index (χ4n) is 2.23. The van der Waals surface area contributed by atoms with Crippen molar-refractivity contribution in [3.05, 3.63) is 28.2 Å². The van der Waals surface area contributed by atoms with Crippen LogP contribution >= 0.6 is 23.2 Å². The lowest BCUT2D eigenvalue weighted by atomic mass is 9.99. The van der Waals surface area contributed by atoms with Gasteiger partial charge in [-0.25, -0.2) is 4.79 Å². The maximum absolute atomic E-state index is 12.1. The average Bonchev–Trinajstić information content (AvgIpc) is 2.37. The highest BCUT2D eigenvalue weighted by Crippen LogP contribution is 2.23. The molecule has 1 aliphatic rings. The molecule has 19 heavy (non-hydrogen) atoms. The maximum atomic E-state index is 12.1. The van der Waals surface area contributed by atoms with Crippen LogP contribution in [0.15, 0.2) is 18.2 Å². The van der Waals surface area contributed by atoms with Crippen molar-refractivity contribution in [2.75, 3.05) is 25.0 Å². The van der Waals surface area contributed by atoms with Crippen molar-refractivity contribution in [3.8, 4) is 0 Å². The number of halogens is 2. The standard InChI is InChI=1S/C13H16Cl2N2O2/c14-10-4-11(15)6-12(5-10)16-13(19)17-3-1-2-9(7-17)8-18/h4-6,9,18H,1-3,7-8H2,(H,16,19). The van der Waals surface area contributed by atoms with Crippen molar-refractivity contribution < 1.29 is 9.90 Å². The third-order valence-corrected chi connectivity index (χ3v) is 3.61. The molecule has 2 N–H and O–H groups in total. The van der Waals surface area contributed by atoms with Crippen LogP contribution in [0.5, 0.6) is 0 Å². The summed E-state index contributed by atoms with van der Waals surface area (Å²) in [6.07, 6.45) is 1.87. The van der Waals surface area contributed by atoms with Gasteiger partial charge in [0.25, 0.3) is 0 Å². The lowest BCUT2D eigenvalue weighted by Crippen LogP contribution is -2.43. The Morgan fingerprint density at radius 3 is 2.68 bits per heavy atom. The number of hydrogen-bond donors (Lipinski definition) is 2. The average molecular weight is 303 g/mol. The summed E-state index contributed by atoms with van der Waals surface area (Å²) < 4.78 is 0. The molecule has 1 atom stereocenters. The summed E-state index contributed by atoms with van der Waals surface area (Å²) in [5, 5.41) is 12.9. The highest BCUT2D eigenvalue weighted by atomic mass is 35.5. The van der Waals surface area contributed by atoms with Crippen molar-refractivity contribution in [1.82, 2.24) is 4.90 Å². The minimum Gasteiger partial charge on any atom is -0.396 e. The normalized spacial score (nSPS) is 19.3. The second-order valence-electron chi connectivity index (χ2n) is 4.73. The number of aliphatic hydroxyl groups excluding tert-OH is 1. The molecule has 0 bridgehead atoms. The summed E-state index contributed by atoms with van der Waals surface area (Å²) in [7, 11) is 0. The van der Waals surface area contributed by atoms with Gasteiger partial charge in [-0.3, -0.25) is 0 Å². The third-order valence-electron chi connectivity index (χ3n) is 3.18. The minimum atomic E-state index is -0.184. The number of amides is 2. The van der Waals surface area contributed by atoms with E-state index in [0.717, 1.165) is 12.8 Å². The Balaban J connectivity index is 2.00. The van der Waals surface area contributed by atoms with Gasteiger partial charge in [-0.1, -0.05) is 23.2 Å². The van der Waals surface area contributed by atoms with Crippen LogP contribution in [0.4, 0.5) is 10.5 Å². The number of carbonyl (C=O) groups excluding carboxylic acids is 1. The number of urea groups is 1. The summed E-state index contributed by atoms with van der Waals surface area (Å²) in [6.45, 7) is 1.40. The van der Waals surface area contributed by atoms with Crippen LogP contribution < -0.4 is 5.32 Å². The Morgan fingerprint density at radius 2 is 2.05 bits per heavy atom. The second-order valence-corrected chi connectivity index (χ2v) is 5.60. The number of nitrogens with one attached hydrogen (secondary N) is 1. The van der Waals surface area contributed by atoms with E-state index in [0.29, 0.717) is 28.8 Å². The number of hydrogen-bond acceptors (Lipinski definition) is 2. The largest absolute Gasteiger partial charge is 0.396 e. The molecule has 4 nitrogen and oxygen atoms in total. The van der Waals surface area contributed by atoms with Crippen LogP contribution in [-0.2, 0) is 0 Å². The zero-order valence-electron chi connectivity index (χ0n) is 10.4. The highest BCUT2D eigenvalue weighted by Gasteiger charge is 2.23. The van der Waals surface area contributed by atoms with Crippen LogP contribution in [-0.4, -0.2) is 35.7 Å². The molecule has 0 spiro atoms. The van der Waals surface area contributed by atoms with Crippen LogP contribution in [0, 0.1) is 5.92 Å². The van der Waals surface area contributed by atoms with Gasteiger partial charge in [0, 0.05) is 35.4 Å². The van der Waals surface area contributed by atoms with E-state index < -0.39 is 0 Å². The molecule has 1 unspecified atom stereocenters. The molecule has 1 aromatic carbocycles. The van der Waals surface area contributed by atoms with Crippen molar-refractivity contribution in [2.24, 2.45) is 5.92 Å². The van der Waals surface area contributed by atoms with Gasteiger partial charge in [0.15, 0.2) is 0 Å². The molecule has 2 amide bonds. The zero-order chi connectivity index (χ0) is 13.8. The number of nitrogens with zero attached hydrogens (tertiary/aromatic N) is 1. The summed E-state index contributed by atoms with van der Waals surface area (Å²) in [4.78, 5) is 13.8. The van der Waals surface area contributed by atoms with Crippen molar-refractivity contribution in [3.63, 3.8) is 0 Å². The van der Waals surface area contributed by atoms with E-state index in [-0.39, 0.29) is 18.6 Å². The summed E-state index contributed by atoms with van der Waals surface area (Å²) >= 11 is 11.8. The van der Waals surface area contributed by atoms with Crippen molar-refractivity contribution in [2.45, 2.75) is 12.8 Å². The molecular formula is C13H16Cl2N2O2. The Hall–Kier alpha value is -0.970. The first kappa shape index (κ1) is 14.4. The van der Waals surface area contributed by atoms with E-state index in [1.54, 1.807) is 23.1 Å². The number of carbonyl (C=O) groups is 1. The van der Waals surface area contributed by atoms with Crippen molar-refractivity contribution in [1.29, 1.82) is 0 Å². The van der Waals surface area contributed by atoms with Gasteiger partial charge in [0.1, 0.15) is 0 Å². The molecule has 104 valence electrons. The smallest absolute Gasteiger partial charge is 0.321 e. The molecule has 1 saturated heterocycles. The first-order valence-electron chi connectivity index (χ1n) is 6.21. The van der Waals surface area contributed by atoms with Crippen LogP contribution in [0.2, 0.25) is 10.0 Å². The third kappa shape index (κ3) is 4.00. The molecule has 1 aliphatic heterocycles. The Labute approximate surface area is 122 Å². The van der Waals surface area contributed by atoms with Gasteiger partial charge in [0.2, 0.25) is 0 Å². The number of aliphatic hydroxyl groups is 1. The molecule has 0 aromatic heterocycles. The topological polar surface area (TPSA) is 52.6 Å². The number of benzene rings is 1. The molecule has 1 heterocycles. The van der Waals surface area contributed by atoms with Gasteiger partial charge in [0.05, 0.1) is 0 Å². The Bertz CT molecular complexity index is 448. The van der Waals surface area contributed by atoms with E-state index in [1.165, 1.54) is 0 Å². The quantitative estimate of drug-likeness (QED) is 0.881. The van der Waals surface area contributed by atoms with E-state index in [1.807, 2.05) is 0 Å². The maximum Gasteiger partial charge on any atom is 0.321 e. The van der Waals surface area contributed by atoms with Gasteiger partial charge in [-0.05, 0) is 37.0 Å². The fraction of sp³-hybridized carbons (Fsp3) is 0.462. The van der Waals surface area contributed by atoms with Gasteiger partial charge < -0.3 is 15.3 Å². The van der Waals surface area contributed by atoms with E-state index in [2.05, 4.69) is 5.32 Å². The van der Waals surface area contributed by atoms with Crippen LogP contribution in [0.3, 0.4) is 0 Å². The minimum absolute atomic E-state index is 0.118. The number of rotatable bonds is 2. The van der Waals surface area contributed by atoms with Gasteiger partial charge in [-0.2, -0.15) is 0 Å². The molecule has 2 rings (SSSR count). The Kier molecular flexibility index (Phi) is 4.91. The lowest BCUT2D eigenvalue weighted by Gasteiger charge is -2.31. The number of piperidine rings is 1. The monoisotopic (exact) mass is 302 g/mol. The highest BCUT2D eigenvalue weighted by molar-refractivity contribution is 6.35. The zero-order valence-corrected chi connectivity index (χ0v) is 11.9. The van der Waals surface area contributed by atoms with Crippen LogP contribution in [0.25, 0.3) is 0 Å². The predicted molar refractivity (Wildman–Crippen MR) is 76.9 cm³/mol. The van der Waals surface area contributed by atoms with E-state index in [9.17, 15) is 4.79 Å². The first-order chi connectivity index (χ1) is 9.08. The fourth-order valence-corrected chi connectivity index (χ4v) is 2.75. The SMILES string of the molecule is O=C(Nc1cc(Cl)cc(Cl)c1)N1CCCC(CO)C1. The van der Waals surface area contributed by atoms with Gasteiger partial charge >= 0.3 is 6.03 Å². The molecule has 0 aliphatic carbocycles. The molecular weight excluding hydrogens is 287 g/mol. The van der Waals surface area contributed by atoms with Gasteiger partial charge in [-0.15, -0.1) is 0 Å². The molecule has 1 fully saturated rings. The number of likely N-dealkylation sites (tertiary alicyclic amines) is 1. The molecule has 0 saturated carbocycles. The van der Waals surface area contributed by atoms with E-state index >= 15 is 0 Å². The van der Waals surface area contributed by atoms with E-state index in [4.69, 9.17) is 28.3 Å². The lowest BCUT2D eigenvalue weighted by molar-refractivity contribution is 0.136. The molecule has 0 radical (unpaired) electrons. The second kappa shape index (κ2) is 6.46. The number of anilines is 1. The predicted octanol–water partition coefficient (Wildman–Crippen LogP) is 3.23. The summed E-state index contributed by atoms with van der Waals surface area (Å²) in [6, 6.07) is 4.73. The van der Waals surface area contributed by atoms with Crippen molar-refractivity contribution >= 4 is 34.9 Å². The Morgan fingerprint density at radius 1 is 1.37 bits per heavy atom. The summed E-state index contributed by atoms with van der Waals surface area (Å²) in [5.41, 5.74) is 0.577. The molecule has 1 aromatic rings.